The first-order valence-electron chi connectivity index (χ1n) is 7.57. The summed E-state index contributed by atoms with van der Waals surface area (Å²) in [5.41, 5.74) is 3.36. The van der Waals surface area contributed by atoms with Crippen LogP contribution in [-0.4, -0.2) is 36.3 Å². The maximum Gasteiger partial charge on any atom is 0.105 e. The number of hydrogen-bond donors (Lipinski definition) is 0. The molecule has 2 nitrogen and oxygen atoms in total. The molecular weight excluding hydrogens is 359 g/mol. The lowest BCUT2D eigenvalue weighted by Crippen LogP contribution is -2.14. The Kier molecular flexibility index (Phi) is 6.93. The summed E-state index contributed by atoms with van der Waals surface area (Å²) in [6.07, 6.45) is 0. The third-order valence-corrected chi connectivity index (χ3v) is 4.84. The van der Waals surface area contributed by atoms with Crippen molar-refractivity contribution < 1.29 is 0 Å². The number of halogens is 2. The molecule has 0 unspecified atom stereocenters. The number of fused-ring (bicyclic) bond motifs is 1. The first-order valence-corrected chi connectivity index (χ1v) is 8.93. The summed E-state index contributed by atoms with van der Waals surface area (Å²) in [4.78, 5) is 7.07. The summed E-state index contributed by atoms with van der Waals surface area (Å²) in [5.74, 6) is 1.01. The van der Waals surface area contributed by atoms with Crippen LogP contribution in [0.4, 0.5) is 0 Å². The molecular formula is C19H20Cl2N2S. The van der Waals surface area contributed by atoms with Crippen LogP contribution in [0.3, 0.4) is 0 Å². The molecule has 3 aromatic rings. The van der Waals surface area contributed by atoms with E-state index in [2.05, 4.69) is 55.4 Å². The fraction of sp³-hybridized carbons (Fsp3) is 0.211. The van der Waals surface area contributed by atoms with Crippen molar-refractivity contribution in [3.8, 4) is 11.1 Å². The minimum absolute atomic E-state index is 0. The molecule has 0 aliphatic rings. The largest absolute Gasteiger partial charge is 0.309 e. The Morgan fingerprint density at radius 2 is 1.75 bits per heavy atom. The van der Waals surface area contributed by atoms with E-state index >= 15 is 0 Å². The molecule has 0 spiro atoms. The highest BCUT2D eigenvalue weighted by atomic mass is 35.5. The van der Waals surface area contributed by atoms with Gasteiger partial charge in [0.25, 0.3) is 0 Å². The number of thioether (sulfide) groups is 1. The Hall–Kier alpha value is -1.26. The zero-order valence-electron chi connectivity index (χ0n) is 13.7. The van der Waals surface area contributed by atoms with Crippen LogP contribution >= 0.6 is 35.8 Å². The molecule has 126 valence electrons. The maximum atomic E-state index is 6.03. The summed E-state index contributed by atoms with van der Waals surface area (Å²) >= 11 is 7.83. The molecule has 0 amide bonds. The number of para-hydroxylation sites is 1. The maximum absolute atomic E-state index is 6.03. The van der Waals surface area contributed by atoms with Crippen molar-refractivity contribution in [2.45, 2.75) is 5.03 Å². The smallest absolute Gasteiger partial charge is 0.105 e. The van der Waals surface area contributed by atoms with Crippen LogP contribution in [0.15, 0.2) is 59.6 Å². The molecule has 0 saturated carbocycles. The molecule has 0 aliphatic carbocycles. The fourth-order valence-electron chi connectivity index (χ4n) is 2.37. The van der Waals surface area contributed by atoms with E-state index in [1.54, 1.807) is 11.8 Å². The normalized spacial score (nSPS) is 10.8. The van der Waals surface area contributed by atoms with E-state index in [0.29, 0.717) is 0 Å². The van der Waals surface area contributed by atoms with Crippen molar-refractivity contribution in [2.24, 2.45) is 0 Å². The van der Waals surface area contributed by atoms with Crippen LogP contribution in [0.1, 0.15) is 0 Å². The highest BCUT2D eigenvalue weighted by Gasteiger charge is 2.10. The van der Waals surface area contributed by atoms with E-state index in [0.717, 1.165) is 38.8 Å². The lowest BCUT2D eigenvalue weighted by atomic mass is 10.1. The quantitative estimate of drug-likeness (QED) is 0.535. The monoisotopic (exact) mass is 378 g/mol. The van der Waals surface area contributed by atoms with Gasteiger partial charge in [-0.1, -0.05) is 41.9 Å². The summed E-state index contributed by atoms with van der Waals surface area (Å²) in [7, 11) is 4.18. The molecule has 1 aromatic heterocycles. The van der Waals surface area contributed by atoms with Crippen LogP contribution in [0.25, 0.3) is 22.0 Å². The fourth-order valence-corrected chi connectivity index (χ4v) is 3.64. The zero-order valence-corrected chi connectivity index (χ0v) is 16.1. The number of aromatic nitrogens is 1. The van der Waals surface area contributed by atoms with Crippen molar-refractivity contribution in [3.63, 3.8) is 0 Å². The third kappa shape index (κ3) is 4.64. The van der Waals surface area contributed by atoms with Crippen LogP contribution in [-0.2, 0) is 0 Å². The number of pyridine rings is 1. The van der Waals surface area contributed by atoms with E-state index in [1.165, 1.54) is 5.56 Å². The predicted molar refractivity (Wildman–Crippen MR) is 109 cm³/mol. The van der Waals surface area contributed by atoms with Gasteiger partial charge in [-0.25, -0.2) is 4.98 Å². The molecule has 0 saturated heterocycles. The van der Waals surface area contributed by atoms with Crippen molar-refractivity contribution >= 4 is 46.7 Å². The number of nitrogens with zero attached hydrogens (tertiary/aromatic N) is 2. The standard InChI is InChI=1S/C19H19ClN2S.ClH/c1-22(2)11-12-23-19-17(14-7-9-16(20)10-8-14)13-15-5-3-4-6-18(15)21-19;/h3-10,13H,11-12H2,1-2H3;1H. The number of rotatable bonds is 5. The minimum atomic E-state index is 0. The second-order valence-corrected chi connectivity index (χ2v) is 7.21. The van der Waals surface area contributed by atoms with Gasteiger partial charge in [0.15, 0.2) is 0 Å². The van der Waals surface area contributed by atoms with E-state index in [9.17, 15) is 0 Å². The van der Waals surface area contributed by atoms with Gasteiger partial charge in [-0.05, 0) is 43.9 Å². The summed E-state index contributed by atoms with van der Waals surface area (Å²) in [6.45, 7) is 1.03. The van der Waals surface area contributed by atoms with Gasteiger partial charge in [0.1, 0.15) is 5.03 Å². The van der Waals surface area contributed by atoms with Gasteiger partial charge in [0, 0.05) is 28.3 Å². The van der Waals surface area contributed by atoms with Crippen LogP contribution in [0, 0.1) is 0 Å². The Morgan fingerprint density at radius 1 is 1.04 bits per heavy atom. The van der Waals surface area contributed by atoms with Gasteiger partial charge >= 0.3 is 0 Å². The van der Waals surface area contributed by atoms with E-state index in [4.69, 9.17) is 16.6 Å². The van der Waals surface area contributed by atoms with Crippen molar-refractivity contribution in [1.82, 2.24) is 9.88 Å². The highest BCUT2D eigenvalue weighted by Crippen LogP contribution is 2.33. The Morgan fingerprint density at radius 3 is 2.46 bits per heavy atom. The second kappa shape index (κ2) is 8.72. The summed E-state index contributed by atoms with van der Waals surface area (Å²) in [6, 6.07) is 18.5. The average Bonchev–Trinajstić information content (AvgIpc) is 2.55. The van der Waals surface area contributed by atoms with Gasteiger partial charge in [-0.3, -0.25) is 0 Å². The molecule has 0 aliphatic heterocycles. The Balaban J connectivity index is 0.00000208. The number of hydrogen-bond acceptors (Lipinski definition) is 3. The predicted octanol–water partition coefficient (Wildman–Crippen LogP) is 5.63. The van der Waals surface area contributed by atoms with Gasteiger partial charge in [-0.15, -0.1) is 24.2 Å². The van der Waals surface area contributed by atoms with Gasteiger partial charge in [0.2, 0.25) is 0 Å². The first kappa shape index (κ1) is 19.1. The lowest BCUT2D eigenvalue weighted by molar-refractivity contribution is 0.437. The van der Waals surface area contributed by atoms with Crippen LogP contribution < -0.4 is 0 Å². The molecule has 24 heavy (non-hydrogen) atoms. The molecule has 1 heterocycles. The molecule has 3 rings (SSSR count). The van der Waals surface area contributed by atoms with Crippen LogP contribution in [0.2, 0.25) is 5.02 Å². The average molecular weight is 379 g/mol. The highest BCUT2D eigenvalue weighted by molar-refractivity contribution is 7.99. The number of benzene rings is 2. The molecule has 0 fully saturated rings. The topological polar surface area (TPSA) is 16.1 Å². The molecule has 0 N–H and O–H groups in total. The Bertz CT molecular complexity index is 804. The minimum Gasteiger partial charge on any atom is -0.309 e. The third-order valence-electron chi connectivity index (χ3n) is 3.62. The van der Waals surface area contributed by atoms with Crippen molar-refractivity contribution in [2.75, 3.05) is 26.4 Å². The molecule has 0 radical (unpaired) electrons. The van der Waals surface area contributed by atoms with Crippen molar-refractivity contribution in [1.29, 1.82) is 0 Å². The first-order chi connectivity index (χ1) is 11.1. The van der Waals surface area contributed by atoms with Gasteiger partial charge in [-0.2, -0.15) is 0 Å². The molecule has 5 heteroatoms. The van der Waals surface area contributed by atoms with E-state index < -0.39 is 0 Å². The summed E-state index contributed by atoms with van der Waals surface area (Å²) < 4.78 is 0. The summed E-state index contributed by atoms with van der Waals surface area (Å²) in [5, 5.41) is 2.99. The SMILES string of the molecule is CN(C)CCSc1nc2ccccc2cc1-c1ccc(Cl)cc1.Cl. The van der Waals surface area contributed by atoms with Gasteiger partial charge < -0.3 is 4.90 Å². The lowest BCUT2D eigenvalue weighted by Gasteiger charge is -2.13. The van der Waals surface area contributed by atoms with Gasteiger partial charge in [0.05, 0.1) is 5.52 Å². The molecule has 0 bridgehead atoms. The van der Waals surface area contributed by atoms with E-state index in [1.807, 2.05) is 18.2 Å². The Labute approximate surface area is 158 Å². The second-order valence-electron chi connectivity index (χ2n) is 5.69. The van der Waals surface area contributed by atoms with Crippen molar-refractivity contribution in [3.05, 3.63) is 59.6 Å². The molecule has 2 aromatic carbocycles. The van der Waals surface area contributed by atoms with Crippen LogP contribution in [0.5, 0.6) is 0 Å². The molecule has 0 atom stereocenters. The zero-order chi connectivity index (χ0) is 16.2. The van der Waals surface area contributed by atoms with E-state index in [-0.39, 0.29) is 12.4 Å².